The second-order valence-corrected chi connectivity index (χ2v) is 7.08. The molecule has 2 heterocycles. The molecule has 27 heavy (non-hydrogen) atoms. The van der Waals surface area contributed by atoms with Gasteiger partial charge in [0, 0.05) is 30.8 Å². The van der Waals surface area contributed by atoms with Crippen LogP contribution in [0.4, 0.5) is 5.82 Å². The Morgan fingerprint density at radius 2 is 1.93 bits per heavy atom. The number of nitrogens with one attached hydrogen (secondary N) is 2. The number of hydrogen-bond acceptors (Lipinski definition) is 3. The number of carbonyl (C=O) groups excluding carboxylic acids is 1. The van der Waals surface area contributed by atoms with Crippen LogP contribution in [0.15, 0.2) is 60.7 Å². The van der Waals surface area contributed by atoms with Gasteiger partial charge in [-0.15, -0.1) is 0 Å². The van der Waals surface area contributed by atoms with Crippen LogP contribution >= 0.6 is 0 Å². The normalized spacial score (nSPS) is 16.9. The third-order valence-electron chi connectivity index (χ3n) is 5.12. The van der Waals surface area contributed by atoms with E-state index in [-0.39, 0.29) is 11.9 Å². The van der Waals surface area contributed by atoms with Crippen LogP contribution in [0.25, 0.3) is 11.3 Å². The largest absolute Gasteiger partial charge is 0.353 e. The number of benzene rings is 2. The second kappa shape index (κ2) is 7.66. The van der Waals surface area contributed by atoms with E-state index in [0.29, 0.717) is 0 Å². The van der Waals surface area contributed by atoms with E-state index in [9.17, 15) is 4.79 Å². The lowest BCUT2D eigenvalue weighted by Crippen LogP contribution is -2.48. The van der Waals surface area contributed by atoms with Crippen LogP contribution in [0.1, 0.15) is 28.8 Å². The molecule has 2 aromatic carbocycles. The van der Waals surface area contributed by atoms with Gasteiger partial charge < -0.3 is 10.2 Å². The molecule has 5 heteroatoms. The predicted octanol–water partition coefficient (Wildman–Crippen LogP) is 3.78. The van der Waals surface area contributed by atoms with E-state index in [1.807, 2.05) is 49.4 Å². The lowest BCUT2D eigenvalue weighted by molar-refractivity contribution is 0.0932. The monoisotopic (exact) mass is 360 g/mol. The van der Waals surface area contributed by atoms with Crippen LogP contribution in [0.5, 0.6) is 0 Å². The lowest BCUT2D eigenvalue weighted by Gasteiger charge is -2.33. The number of amides is 1. The van der Waals surface area contributed by atoms with Gasteiger partial charge in [-0.3, -0.25) is 9.89 Å². The van der Waals surface area contributed by atoms with Crippen LogP contribution < -0.4 is 10.2 Å². The molecule has 0 bridgehead atoms. The minimum absolute atomic E-state index is 0.00644. The molecule has 1 aromatic heterocycles. The summed E-state index contributed by atoms with van der Waals surface area (Å²) in [4.78, 5) is 14.9. The zero-order chi connectivity index (χ0) is 18.6. The number of aromatic amines is 1. The molecule has 2 N–H and O–H groups in total. The van der Waals surface area contributed by atoms with Gasteiger partial charge in [-0.25, -0.2) is 0 Å². The molecule has 1 fully saturated rings. The van der Waals surface area contributed by atoms with Crippen molar-refractivity contribution in [2.24, 2.45) is 0 Å². The van der Waals surface area contributed by atoms with Crippen molar-refractivity contribution in [1.82, 2.24) is 15.5 Å². The summed E-state index contributed by atoms with van der Waals surface area (Å²) in [7, 11) is 0. The SMILES string of the molecule is Cc1ccccc1C(=O)NC1CCCN(c2cc(-c3ccccc3)[nH]n2)C1. The molecule has 0 radical (unpaired) electrons. The first kappa shape index (κ1) is 17.3. The van der Waals surface area contributed by atoms with Crippen molar-refractivity contribution in [2.75, 3.05) is 18.0 Å². The van der Waals surface area contributed by atoms with Crippen molar-refractivity contribution in [3.63, 3.8) is 0 Å². The summed E-state index contributed by atoms with van der Waals surface area (Å²) in [6.45, 7) is 3.70. The van der Waals surface area contributed by atoms with Crippen LogP contribution in [0.2, 0.25) is 0 Å². The Morgan fingerprint density at radius 1 is 1.15 bits per heavy atom. The molecule has 5 nitrogen and oxygen atoms in total. The van der Waals surface area contributed by atoms with E-state index >= 15 is 0 Å². The van der Waals surface area contributed by atoms with E-state index in [1.54, 1.807) is 0 Å². The number of carbonyl (C=O) groups is 1. The second-order valence-electron chi connectivity index (χ2n) is 7.08. The maximum atomic E-state index is 12.6. The van der Waals surface area contributed by atoms with E-state index in [4.69, 9.17) is 0 Å². The fourth-order valence-electron chi connectivity index (χ4n) is 3.63. The van der Waals surface area contributed by atoms with Gasteiger partial charge >= 0.3 is 0 Å². The van der Waals surface area contributed by atoms with E-state index in [0.717, 1.165) is 54.1 Å². The molecule has 4 rings (SSSR count). The van der Waals surface area contributed by atoms with Gasteiger partial charge in [0.2, 0.25) is 0 Å². The standard InChI is InChI=1S/C22H24N4O/c1-16-8-5-6-12-19(16)22(27)23-18-11-7-13-26(15-18)21-14-20(24-25-21)17-9-3-2-4-10-17/h2-6,8-10,12,14,18H,7,11,13,15H2,1H3,(H,23,27)(H,24,25). The Kier molecular flexibility index (Phi) is 4.92. The first-order valence-electron chi connectivity index (χ1n) is 9.43. The maximum absolute atomic E-state index is 12.6. The fourth-order valence-corrected chi connectivity index (χ4v) is 3.63. The number of anilines is 1. The number of H-pyrrole nitrogens is 1. The number of aryl methyl sites for hydroxylation is 1. The molecular formula is C22H24N4O. The Morgan fingerprint density at radius 3 is 2.74 bits per heavy atom. The van der Waals surface area contributed by atoms with Gasteiger partial charge in [0.05, 0.1) is 5.69 Å². The third kappa shape index (κ3) is 3.87. The van der Waals surface area contributed by atoms with Crippen molar-refractivity contribution in [2.45, 2.75) is 25.8 Å². The summed E-state index contributed by atoms with van der Waals surface area (Å²) in [5.41, 5.74) is 3.89. The number of aromatic nitrogens is 2. The molecule has 138 valence electrons. The van der Waals surface area contributed by atoms with Crippen molar-refractivity contribution >= 4 is 11.7 Å². The summed E-state index contributed by atoms with van der Waals surface area (Å²) in [5.74, 6) is 0.940. The highest BCUT2D eigenvalue weighted by Gasteiger charge is 2.24. The molecule has 1 atom stereocenters. The lowest BCUT2D eigenvalue weighted by atomic mass is 10.0. The van der Waals surface area contributed by atoms with E-state index in [2.05, 4.69) is 38.6 Å². The molecule has 1 amide bonds. The zero-order valence-electron chi connectivity index (χ0n) is 15.5. The minimum Gasteiger partial charge on any atom is -0.353 e. The van der Waals surface area contributed by atoms with E-state index < -0.39 is 0 Å². The van der Waals surface area contributed by atoms with Crippen LogP contribution in [-0.4, -0.2) is 35.2 Å². The molecule has 1 aliphatic heterocycles. The average molecular weight is 360 g/mol. The van der Waals surface area contributed by atoms with Crippen molar-refractivity contribution < 1.29 is 4.79 Å². The molecule has 0 aliphatic carbocycles. The Balaban J connectivity index is 1.43. The van der Waals surface area contributed by atoms with Crippen molar-refractivity contribution in [1.29, 1.82) is 0 Å². The maximum Gasteiger partial charge on any atom is 0.251 e. The van der Waals surface area contributed by atoms with Crippen molar-refractivity contribution in [3.05, 3.63) is 71.8 Å². The number of hydrogen-bond donors (Lipinski definition) is 2. The highest BCUT2D eigenvalue weighted by atomic mass is 16.1. The highest BCUT2D eigenvalue weighted by Crippen LogP contribution is 2.24. The molecule has 0 spiro atoms. The predicted molar refractivity (Wildman–Crippen MR) is 108 cm³/mol. The highest BCUT2D eigenvalue weighted by molar-refractivity contribution is 5.95. The number of piperidine rings is 1. The van der Waals surface area contributed by atoms with E-state index in [1.165, 1.54) is 0 Å². The van der Waals surface area contributed by atoms with Gasteiger partial charge in [-0.05, 0) is 37.0 Å². The zero-order valence-corrected chi connectivity index (χ0v) is 15.5. The first-order chi connectivity index (χ1) is 13.2. The Labute approximate surface area is 159 Å². The van der Waals surface area contributed by atoms with Crippen LogP contribution in [0, 0.1) is 6.92 Å². The minimum atomic E-state index is 0.00644. The topological polar surface area (TPSA) is 61.0 Å². The molecule has 1 saturated heterocycles. The van der Waals surface area contributed by atoms with Gasteiger partial charge in [-0.1, -0.05) is 48.5 Å². The van der Waals surface area contributed by atoms with Crippen LogP contribution in [-0.2, 0) is 0 Å². The molecule has 0 saturated carbocycles. The molecule has 1 unspecified atom stereocenters. The summed E-state index contributed by atoms with van der Waals surface area (Å²) < 4.78 is 0. The summed E-state index contributed by atoms with van der Waals surface area (Å²) in [5, 5.41) is 10.8. The summed E-state index contributed by atoms with van der Waals surface area (Å²) >= 11 is 0. The van der Waals surface area contributed by atoms with Gasteiger partial charge in [0.25, 0.3) is 5.91 Å². The smallest absolute Gasteiger partial charge is 0.251 e. The van der Waals surface area contributed by atoms with Crippen molar-refractivity contribution in [3.8, 4) is 11.3 Å². The van der Waals surface area contributed by atoms with Gasteiger partial charge in [0.15, 0.2) is 5.82 Å². The molecule has 3 aromatic rings. The van der Waals surface area contributed by atoms with Gasteiger partial charge in [0.1, 0.15) is 0 Å². The average Bonchev–Trinajstić information content (AvgIpc) is 3.19. The molecular weight excluding hydrogens is 336 g/mol. The quantitative estimate of drug-likeness (QED) is 0.744. The third-order valence-corrected chi connectivity index (χ3v) is 5.12. The fraction of sp³-hybridized carbons (Fsp3) is 0.273. The number of rotatable bonds is 4. The van der Waals surface area contributed by atoms with Crippen LogP contribution in [0.3, 0.4) is 0 Å². The van der Waals surface area contributed by atoms with Gasteiger partial charge in [-0.2, -0.15) is 5.10 Å². The summed E-state index contributed by atoms with van der Waals surface area (Å²) in [6.07, 6.45) is 2.02. The number of nitrogens with zero attached hydrogens (tertiary/aromatic N) is 2. The Hall–Kier alpha value is -3.08. The summed E-state index contributed by atoms with van der Waals surface area (Å²) in [6, 6.07) is 20.1. The first-order valence-corrected chi connectivity index (χ1v) is 9.43. The Bertz CT molecular complexity index is 919. The molecule has 1 aliphatic rings.